The number of carbonyl (C=O) groups excluding carboxylic acids is 1. The van der Waals surface area contributed by atoms with Crippen LogP contribution in [0.4, 0.5) is 0 Å². The van der Waals surface area contributed by atoms with E-state index in [9.17, 15) is 13.2 Å². The first-order valence-corrected chi connectivity index (χ1v) is 11.8. The molecule has 150 valence electrons. The molecule has 1 aliphatic heterocycles. The number of hydrogen-bond donors (Lipinski definition) is 0. The minimum atomic E-state index is -3.22. The zero-order valence-corrected chi connectivity index (χ0v) is 17.0. The molecule has 29 heavy (non-hydrogen) atoms. The summed E-state index contributed by atoms with van der Waals surface area (Å²) in [4.78, 5) is 19.1. The lowest BCUT2D eigenvalue weighted by Gasteiger charge is -2.71. The number of pyridine rings is 1. The third-order valence-corrected chi connectivity index (χ3v) is 8.16. The summed E-state index contributed by atoms with van der Waals surface area (Å²) < 4.78 is 23.9. The van der Waals surface area contributed by atoms with Crippen LogP contribution in [0.3, 0.4) is 0 Å². The van der Waals surface area contributed by atoms with Crippen LogP contribution >= 0.6 is 0 Å². The third kappa shape index (κ3) is 3.29. The molecule has 3 aliphatic carbocycles. The summed E-state index contributed by atoms with van der Waals surface area (Å²) in [5.74, 6) is 0.0278. The average Bonchev–Trinajstić information content (AvgIpc) is 3.02. The second-order valence-electron chi connectivity index (χ2n) is 8.96. The Morgan fingerprint density at radius 1 is 1.07 bits per heavy atom. The summed E-state index contributed by atoms with van der Waals surface area (Å²) in [7, 11) is -3.22. The highest BCUT2D eigenvalue weighted by molar-refractivity contribution is 7.94. The van der Waals surface area contributed by atoms with Gasteiger partial charge in [0.05, 0.1) is 11.8 Å². The Morgan fingerprint density at radius 2 is 1.76 bits per heavy atom. The summed E-state index contributed by atoms with van der Waals surface area (Å²) in [6.07, 6.45) is 8.71. The van der Waals surface area contributed by atoms with E-state index in [-0.39, 0.29) is 22.5 Å². The summed E-state index contributed by atoms with van der Waals surface area (Å²) in [5.41, 5.74) is 2.69. The van der Waals surface area contributed by atoms with E-state index in [1.54, 1.807) is 23.4 Å². The highest BCUT2D eigenvalue weighted by atomic mass is 32.2. The van der Waals surface area contributed by atoms with Crippen molar-refractivity contribution in [1.82, 2.24) is 9.88 Å². The highest BCUT2D eigenvalue weighted by Gasteiger charge is 2.68. The molecule has 2 aromatic rings. The second kappa shape index (κ2) is 6.52. The monoisotopic (exact) mass is 408 g/mol. The van der Waals surface area contributed by atoms with Crippen molar-refractivity contribution in [1.29, 1.82) is 0 Å². The molecule has 1 amide bonds. The van der Waals surface area contributed by atoms with E-state index < -0.39 is 15.9 Å². The zero-order valence-electron chi connectivity index (χ0n) is 16.2. The fourth-order valence-electron chi connectivity index (χ4n) is 5.53. The molecule has 6 heteroatoms. The Labute approximate surface area is 171 Å². The number of amides is 1. The van der Waals surface area contributed by atoms with Crippen molar-refractivity contribution < 1.29 is 13.2 Å². The Kier molecular flexibility index (Phi) is 4.17. The minimum absolute atomic E-state index is 0.0230. The largest absolute Gasteiger partial charge is 0.331 e. The van der Waals surface area contributed by atoms with Crippen LogP contribution in [0.25, 0.3) is 0 Å². The molecular formula is C23H24N2O3S. The maximum Gasteiger partial charge on any atom is 0.223 e. The van der Waals surface area contributed by atoms with Crippen LogP contribution < -0.4 is 0 Å². The second-order valence-corrected chi connectivity index (χ2v) is 10.9. The van der Waals surface area contributed by atoms with Gasteiger partial charge in [-0.15, -0.1) is 0 Å². The van der Waals surface area contributed by atoms with E-state index in [1.165, 1.54) is 11.0 Å². The third-order valence-electron chi connectivity index (χ3n) is 6.79. The number of benzene rings is 1. The summed E-state index contributed by atoms with van der Waals surface area (Å²) in [6.45, 7) is 0.409. The highest BCUT2D eigenvalue weighted by Crippen LogP contribution is 2.75. The summed E-state index contributed by atoms with van der Waals surface area (Å²) >= 11 is 0. The predicted octanol–water partition coefficient (Wildman–Crippen LogP) is 3.23. The number of carbonyl (C=O) groups is 1. The lowest BCUT2D eigenvalue weighted by molar-refractivity contribution is -0.167. The molecule has 3 fully saturated rings. The van der Waals surface area contributed by atoms with Crippen LogP contribution in [0.15, 0.2) is 66.3 Å². The van der Waals surface area contributed by atoms with Gasteiger partial charge in [-0.05, 0) is 59.4 Å². The molecule has 1 aromatic heterocycles. The Morgan fingerprint density at radius 3 is 2.38 bits per heavy atom. The van der Waals surface area contributed by atoms with Crippen molar-refractivity contribution in [2.75, 3.05) is 5.75 Å². The van der Waals surface area contributed by atoms with Gasteiger partial charge in [0.1, 0.15) is 0 Å². The van der Waals surface area contributed by atoms with Gasteiger partial charge in [0.2, 0.25) is 5.91 Å². The van der Waals surface area contributed by atoms with E-state index in [2.05, 4.69) is 29.2 Å². The van der Waals surface area contributed by atoms with Crippen molar-refractivity contribution in [3.8, 4) is 0 Å². The molecule has 0 saturated heterocycles. The van der Waals surface area contributed by atoms with Crippen LogP contribution in [0.2, 0.25) is 0 Å². The summed E-state index contributed by atoms with van der Waals surface area (Å²) in [5, 5.41) is 1.25. The number of nitrogens with zero attached hydrogens (tertiary/aromatic N) is 2. The molecule has 6 rings (SSSR count). The van der Waals surface area contributed by atoms with E-state index in [0.717, 1.165) is 24.8 Å². The van der Waals surface area contributed by atoms with E-state index in [4.69, 9.17) is 0 Å². The van der Waals surface area contributed by atoms with Gasteiger partial charge < -0.3 is 4.90 Å². The number of sulfone groups is 1. The molecule has 1 atom stereocenters. The molecule has 2 bridgehead atoms. The van der Waals surface area contributed by atoms with Gasteiger partial charge in [-0.2, -0.15) is 0 Å². The van der Waals surface area contributed by atoms with Crippen molar-refractivity contribution in [3.63, 3.8) is 0 Å². The van der Waals surface area contributed by atoms with Gasteiger partial charge in [-0.1, -0.05) is 30.3 Å². The van der Waals surface area contributed by atoms with E-state index >= 15 is 0 Å². The number of rotatable bonds is 6. The molecule has 1 aromatic carbocycles. The summed E-state index contributed by atoms with van der Waals surface area (Å²) in [6, 6.07) is 13.9. The number of hydrogen-bond acceptors (Lipinski definition) is 4. The smallest absolute Gasteiger partial charge is 0.223 e. The SMILES string of the molecule is O=C(CC12CC(c3ccccc3)(C1)C2)N(Cc1ccncc1)C1C=CS(=O)(=O)C1. The first kappa shape index (κ1) is 18.6. The topological polar surface area (TPSA) is 67.3 Å². The van der Waals surface area contributed by atoms with Crippen molar-refractivity contribution in [2.24, 2.45) is 5.41 Å². The molecule has 4 aliphatic rings. The standard InChI is InChI=1S/C23H24N2O3S/c26-21(12-22-15-23(16-22,17-22)19-4-2-1-3-5-19)25(13-18-6-9-24-10-7-18)20-8-11-29(27,28)14-20/h1-11,20H,12-17H2. The molecule has 0 spiro atoms. The van der Waals surface area contributed by atoms with Crippen LogP contribution in [0.5, 0.6) is 0 Å². The molecule has 3 saturated carbocycles. The van der Waals surface area contributed by atoms with E-state index in [0.29, 0.717) is 13.0 Å². The van der Waals surface area contributed by atoms with Crippen LogP contribution in [0.1, 0.15) is 36.8 Å². The zero-order chi connectivity index (χ0) is 20.1. The van der Waals surface area contributed by atoms with Gasteiger partial charge >= 0.3 is 0 Å². The minimum Gasteiger partial charge on any atom is -0.331 e. The quantitative estimate of drug-likeness (QED) is 0.736. The molecular weight excluding hydrogens is 384 g/mol. The fourth-order valence-corrected chi connectivity index (χ4v) is 6.83. The molecule has 1 unspecified atom stereocenters. The van der Waals surface area contributed by atoms with Gasteiger partial charge in [0, 0.05) is 30.8 Å². The maximum absolute atomic E-state index is 13.3. The van der Waals surface area contributed by atoms with Crippen molar-refractivity contribution in [2.45, 2.75) is 43.7 Å². The van der Waals surface area contributed by atoms with E-state index in [1.807, 2.05) is 18.2 Å². The van der Waals surface area contributed by atoms with Crippen molar-refractivity contribution >= 4 is 15.7 Å². The van der Waals surface area contributed by atoms with Gasteiger partial charge in [0.25, 0.3) is 0 Å². The molecule has 0 radical (unpaired) electrons. The van der Waals surface area contributed by atoms with Gasteiger partial charge in [0.15, 0.2) is 9.84 Å². The van der Waals surface area contributed by atoms with Crippen LogP contribution in [0, 0.1) is 5.41 Å². The number of aromatic nitrogens is 1. The maximum atomic E-state index is 13.3. The molecule has 0 N–H and O–H groups in total. The van der Waals surface area contributed by atoms with Gasteiger partial charge in [-0.3, -0.25) is 9.78 Å². The Hall–Kier alpha value is -2.47. The van der Waals surface area contributed by atoms with Gasteiger partial charge in [-0.25, -0.2) is 8.42 Å². The first-order chi connectivity index (χ1) is 13.9. The molecule has 2 heterocycles. The lowest BCUT2D eigenvalue weighted by Crippen LogP contribution is -2.65. The normalized spacial score (nSPS) is 31.0. The van der Waals surface area contributed by atoms with Crippen molar-refractivity contribution in [3.05, 3.63) is 77.5 Å². The molecule has 5 nitrogen and oxygen atoms in total. The van der Waals surface area contributed by atoms with Crippen LogP contribution in [-0.4, -0.2) is 36.0 Å². The van der Waals surface area contributed by atoms with Crippen LogP contribution in [-0.2, 0) is 26.6 Å². The Bertz CT molecular complexity index is 1040. The lowest BCUT2D eigenvalue weighted by atomic mass is 9.32. The Balaban J connectivity index is 1.30. The first-order valence-electron chi connectivity index (χ1n) is 10.0. The fraction of sp³-hybridized carbons (Fsp3) is 0.391. The predicted molar refractivity (Wildman–Crippen MR) is 111 cm³/mol. The average molecular weight is 409 g/mol.